The second-order valence-corrected chi connectivity index (χ2v) is 8.31. The molecule has 26 heavy (non-hydrogen) atoms. The SMILES string of the molecule is CCCCCC(C)(c1ccccc1)C(C)(CCCCC)c1ccccc1. The highest BCUT2D eigenvalue weighted by molar-refractivity contribution is 5.37. The van der Waals surface area contributed by atoms with E-state index in [1.807, 2.05) is 0 Å². The van der Waals surface area contributed by atoms with Crippen molar-refractivity contribution in [3.05, 3.63) is 71.8 Å². The summed E-state index contributed by atoms with van der Waals surface area (Å²) in [5.74, 6) is 0. The van der Waals surface area contributed by atoms with Crippen molar-refractivity contribution in [1.29, 1.82) is 0 Å². The Kier molecular flexibility index (Phi) is 7.94. The Morgan fingerprint density at radius 3 is 1.19 bits per heavy atom. The molecule has 2 aromatic rings. The highest BCUT2D eigenvalue weighted by atomic mass is 14.5. The minimum atomic E-state index is 0.151. The summed E-state index contributed by atoms with van der Waals surface area (Å²) in [5, 5.41) is 0. The number of rotatable bonds is 11. The molecule has 0 saturated heterocycles. The summed E-state index contributed by atoms with van der Waals surface area (Å²) in [6, 6.07) is 22.6. The lowest BCUT2D eigenvalue weighted by molar-refractivity contribution is 0.208. The molecule has 2 atom stereocenters. The Bertz CT molecular complexity index is 558. The topological polar surface area (TPSA) is 0 Å². The summed E-state index contributed by atoms with van der Waals surface area (Å²) in [5.41, 5.74) is 3.30. The van der Waals surface area contributed by atoms with E-state index in [-0.39, 0.29) is 10.8 Å². The third kappa shape index (κ3) is 4.58. The van der Waals surface area contributed by atoms with Gasteiger partial charge < -0.3 is 0 Å². The molecule has 0 fully saturated rings. The molecule has 0 aliphatic heterocycles. The Morgan fingerprint density at radius 2 is 0.885 bits per heavy atom. The summed E-state index contributed by atoms with van der Waals surface area (Å²) < 4.78 is 0. The van der Waals surface area contributed by atoms with Gasteiger partial charge in [0.25, 0.3) is 0 Å². The van der Waals surface area contributed by atoms with E-state index in [1.54, 1.807) is 0 Å². The van der Waals surface area contributed by atoms with Gasteiger partial charge in [-0.05, 0) is 24.0 Å². The molecule has 142 valence electrons. The highest BCUT2D eigenvalue weighted by Crippen LogP contribution is 2.50. The second-order valence-electron chi connectivity index (χ2n) is 8.31. The van der Waals surface area contributed by atoms with Crippen LogP contribution in [0.15, 0.2) is 60.7 Å². The first-order valence-corrected chi connectivity index (χ1v) is 10.7. The lowest BCUT2D eigenvalue weighted by Crippen LogP contribution is -2.45. The van der Waals surface area contributed by atoms with Crippen molar-refractivity contribution >= 4 is 0 Å². The van der Waals surface area contributed by atoms with Gasteiger partial charge in [-0.25, -0.2) is 0 Å². The van der Waals surface area contributed by atoms with Crippen LogP contribution in [0, 0.1) is 0 Å². The minimum Gasteiger partial charge on any atom is -0.0654 e. The molecule has 0 heterocycles. The third-order valence-corrected chi connectivity index (χ3v) is 6.60. The van der Waals surface area contributed by atoms with Crippen molar-refractivity contribution in [2.45, 2.75) is 89.9 Å². The Hall–Kier alpha value is -1.56. The lowest BCUT2D eigenvalue weighted by Gasteiger charge is -2.48. The van der Waals surface area contributed by atoms with Crippen LogP contribution in [0.5, 0.6) is 0 Å². The van der Waals surface area contributed by atoms with Gasteiger partial charge in [0, 0.05) is 10.8 Å². The fourth-order valence-corrected chi connectivity index (χ4v) is 4.55. The monoisotopic (exact) mass is 350 g/mol. The molecule has 2 aromatic carbocycles. The van der Waals surface area contributed by atoms with Gasteiger partial charge in [0.1, 0.15) is 0 Å². The van der Waals surface area contributed by atoms with Gasteiger partial charge in [-0.2, -0.15) is 0 Å². The van der Waals surface area contributed by atoms with E-state index in [2.05, 4.69) is 88.4 Å². The normalized spacial score (nSPS) is 16.0. The van der Waals surface area contributed by atoms with Gasteiger partial charge in [0.2, 0.25) is 0 Å². The summed E-state index contributed by atoms with van der Waals surface area (Å²) in [7, 11) is 0. The maximum absolute atomic E-state index is 2.52. The van der Waals surface area contributed by atoms with Crippen molar-refractivity contribution in [1.82, 2.24) is 0 Å². The van der Waals surface area contributed by atoms with Gasteiger partial charge in [0.05, 0.1) is 0 Å². The summed E-state index contributed by atoms with van der Waals surface area (Å²) in [4.78, 5) is 0. The van der Waals surface area contributed by atoms with Crippen LogP contribution >= 0.6 is 0 Å². The molecule has 0 aliphatic carbocycles. The molecule has 0 N–H and O–H groups in total. The second kappa shape index (κ2) is 9.95. The average molecular weight is 351 g/mol. The van der Waals surface area contributed by atoms with Gasteiger partial charge in [-0.15, -0.1) is 0 Å². The molecule has 0 saturated carbocycles. The maximum Gasteiger partial charge on any atom is 0.00189 e. The first-order valence-electron chi connectivity index (χ1n) is 10.7. The minimum absolute atomic E-state index is 0.151. The zero-order valence-corrected chi connectivity index (χ0v) is 17.4. The van der Waals surface area contributed by atoms with E-state index in [1.165, 1.54) is 62.5 Å². The average Bonchev–Trinajstić information content (AvgIpc) is 2.69. The van der Waals surface area contributed by atoms with Crippen LogP contribution in [-0.4, -0.2) is 0 Å². The number of hydrogen-bond donors (Lipinski definition) is 0. The van der Waals surface area contributed by atoms with Crippen LogP contribution in [0.3, 0.4) is 0 Å². The van der Waals surface area contributed by atoms with Gasteiger partial charge in [0.15, 0.2) is 0 Å². The molecule has 2 unspecified atom stereocenters. The van der Waals surface area contributed by atoms with Crippen molar-refractivity contribution in [2.75, 3.05) is 0 Å². The molecule has 0 amide bonds. The van der Waals surface area contributed by atoms with Gasteiger partial charge in [-0.3, -0.25) is 0 Å². The van der Waals surface area contributed by atoms with E-state index in [9.17, 15) is 0 Å². The fraction of sp³-hybridized carbons (Fsp3) is 0.538. The van der Waals surface area contributed by atoms with Crippen LogP contribution in [0.25, 0.3) is 0 Å². The molecule has 0 heteroatoms. The third-order valence-electron chi connectivity index (χ3n) is 6.60. The Balaban J connectivity index is 2.49. The fourth-order valence-electron chi connectivity index (χ4n) is 4.55. The van der Waals surface area contributed by atoms with Crippen molar-refractivity contribution in [3.8, 4) is 0 Å². The predicted octanol–water partition coefficient (Wildman–Crippen LogP) is 8.06. The Morgan fingerprint density at radius 1 is 0.538 bits per heavy atom. The molecule has 0 aromatic heterocycles. The molecular formula is C26H38. The Labute approximate surface area is 162 Å². The van der Waals surface area contributed by atoms with E-state index in [4.69, 9.17) is 0 Å². The first-order chi connectivity index (χ1) is 12.6. The zero-order chi connectivity index (χ0) is 18.9. The van der Waals surface area contributed by atoms with Gasteiger partial charge >= 0.3 is 0 Å². The maximum atomic E-state index is 2.52. The van der Waals surface area contributed by atoms with Crippen LogP contribution in [0.1, 0.15) is 90.2 Å². The van der Waals surface area contributed by atoms with Crippen molar-refractivity contribution in [3.63, 3.8) is 0 Å². The van der Waals surface area contributed by atoms with E-state index >= 15 is 0 Å². The van der Waals surface area contributed by atoms with Gasteiger partial charge in [-0.1, -0.05) is 127 Å². The molecule has 0 radical (unpaired) electrons. The largest absolute Gasteiger partial charge is 0.0654 e. The van der Waals surface area contributed by atoms with Crippen molar-refractivity contribution < 1.29 is 0 Å². The van der Waals surface area contributed by atoms with E-state index in [0.29, 0.717) is 0 Å². The highest BCUT2D eigenvalue weighted by Gasteiger charge is 2.45. The van der Waals surface area contributed by atoms with Crippen LogP contribution in [-0.2, 0) is 10.8 Å². The standard InChI is InChI=1S/C26H38/c1-5-7-15-21-25(3,23-17-11-9-12-18-23)26(4,22-16-8-6-2)24-19-13-10-14-20-24/h9-14,17-20H,5-8,15-16,21-22H2,1-4H3. The number of benzene rings is 2. The predicted molar refractivity (Wildman–Crippen MR) is 116 cm³/mol. The van der Waals surface area contributed by atoms with E-state index < -0.39 is 0 Å². The molecule has 0 spiro atoms. The lowest BCUT2D eigenvalue weighted by atomic mass is 9.55. The summed E-state index contributed by atoms with van der Waals surface area (Å²) in [6.45, 7) is 9.66. The summed E-state index contributed by atoms with van der Waals surface area (Å²) in [6.07, 6.45) is 10.3. The van der Waals surface area contributed by atoms with Crippen LogP contribution in [0.2, 0.25) is 0 Å². The number of hydrogen-bond acceptors (Lipinski definition) is 0. The molecule has 2 rings (SSSR count). The first kappa shape index (κ1) is 20.7. The number of unbranched alkanes of at least 4 members (excludes halogenated alkanes) is 4. The van der Waals surface area contributed by atoms with E-state index in [0.717, 1.165) is 0 Å². The van der Waals surface area contributed by atoms with Crippen molar-refractivity contribution in [2.24, 2.45) is 0 Å². The molecule has 0 bridgehead atoms. The molecular weight excluding hydrogens is 312 g/mol. The van der Waals surface area contributed by atoms with Crippen LogP contribution in [0.4, 0.5) is 0 Å². The molecule has 0 nitrogen and oxygen atoms in total. The molecule has 0 aliphatic rings. The zero-order valence-electron chi connectivity index (χ0n) is 17.4. The summed E-state index contributed by atoms with van der Waals surface area (Å²) >= 11 is 0. The van der Waals surface area contributed by atoms with Crippen LogP contribution < -0.4 is 0 Å². The quantitative estimate of drug-likeness (QED) is 0.359. The smallest absolute Gasteiger partial charge is 0.00189 e.